The smallest absolute Gasteiger partial charge is 0.414 e. The van der Waals surface area contributed by atoms with Gasteiger partial charge in [-0.05, 0) is 69.7 Å². The van der Waals surface area contributed by atoms with Crippen molar-refractivity contribution in [2.24, 2.45) is 45.8 Å². The van der Waals surface area contributed by atoms with Crippen molar-refractivity contribution in [2.75, 3.05) is 26.7 Å². The Bertz CT molecular complexity index is 981. The number of ether oxygens (including phenoxy) is 2. The zero-order valence-corrected chi connectivity index (χ0v) is 23.5. The van der Waals surface area contributed by atoms with Crippen LogP contribution in [0.15, 0.2) is 12.2 Å². The number of carbonyl (C=O) groups excluding carboxylic acids is 3. The molecule has 5 fully saturated rings. The van der Waals surface area contributed by atoms with Gasteiger partial charge in [-0.15, -0.1) is 0 Å². The molecule has 2 amide bonds. The molecule has 5 aliphatic rings. The molecule has 0 aromatic carbocycles. The van der Waals surface area contributed by atoms with Crippen LogP contribution in [0.1, 0.15) is 73.1 Å². The molecule has 7 heteroatoms. The predicted molar refractivity (Wildman–Crippen MR) is 141 cm³/mol. The fraction of sp³-hybridized carbons (Fsp3) is 0.833. The normalized spacial score (nSPS) is 49.0. The van der Waals surface area contributed by atoms with Crippen molar-refractivity contribution in [1.82, 2.24) is 10.2 Å². The minimum absolute atomic E-state index is 0.0213. The van der Waals surface area contributed by atoms with Crippen LogP contribution >= 0.6 is 0 Å². The van der Waals surface area contributed by atoms with E-state index in [0.29, 0.717) is 18.9 Å². The second kappa shape index (κ2) is 9.48. The molecule has 7 nitrogen and oxygen atoms in total. The van der Waals surface area contributed by atoms with Crippen LogP contribution in [0.5, 0.6) is 0 Å². The lowest BCUT2D eigenvalue weighted by Gasteiger charge is -2.61. The Balaban J connectivity index is 1.49. The van der Waals surface area contributed by atoms with E-state index in [-0.39, 0.29) is 52.3 Å². The molecule has 0 aromatic rings. The number of ketones is 1. The monoisotopic (exact) mass is 514 g/mol. The third-order valence-electron chi connectivity index (χ3n) is 11.8. The maximum atomic E-state index is 14.2. The van der Waals surface area contributed by atoms with Gasteiger partial charge in [-0.2, -0.15) is 0 Å². The number of allylic oxidation sites excluding steroid dienone is 2. The van der Waals surface area contributed by atoms with Crippen LogP contribution in [0.25, 0.3) is 0 Å². The van der Waals surface area contributed by atoms with Crippen LogP contribution in [0.3, 0.4) is 0 Å². The van der Waals surface area contributed by atoms with Gasteiger partial charge >= 0.3 is 6.09 Å². The topological polar surface area (TPSA) is 84.9 Å². The zero-order chi connectivity index (χ0) is 26.8. The molecule has 11 atom stereocenters. The van der Waals surface area contributed by atoms with E-state index in [0.717, 1.165) is 45.2 Å². The van der Waals surface area contributed by atoms with E-state index >= 15 is 0 Å². The summed E-state index contributed by atoms with van der Waals surface area (Å²) in [5.74, 6) is 0.455. The van der Waals surface area contributed by atoms with Gasteiger partial charge in [-0.25, -0.2) is 4.79 Å². The summed E-state index contributed by atoms with van der Waals surface area (Å²) in [5.41, 5.74) is -1.30. The molecule has 3 unspecified atom stereocenters. The maximum Gasteiger partial charge on any atom is 0.414 e. The third kappa shape index (κ3) is 4.02. The summed E-state index contributed by atoms with van der Waals surface area (Å²) in [4.78, 5) is 42.9. The first-order valence-electron chi connectivity index (χ1n) is 14.4. The second-order valence-corrected chi connectivity index (χ2v) is 13.3. The van der Waals surface area contributed by atoms with Gasteiger partial charge in [0, 0.05) is 49.3 Å². The molecule has 2 heterocycles. The minimum atomic E-state index is -0.748. The number of piperidine rings is 1. The summed E-state index contributed by atoms with van der Waals surface area (Å²) in [7, 11) is 1.77. The Morgan fingerprint density at radius 2 is 1.84 bits per heavy atom. The molecule has 3 aliphatic carbocycles. The Morgan fingerprint density at radius 1 is 1.11 bits per heavy atom. The quantitative estimate of drug-likeness (QED) is 0.552. The maximum absolute atomic E-state index is 14.2. The van der Waals surface area contributed by atoms with E-state index in [1.165, 1.54) is 0 Å². The highest BCUT2D eigenvalue weighted by molar-refractivity contribution is 5.94. The molecule has 3 saturated carbocycles. The zero-order valence-electron chi connectivity index (χ0n) is 23.5. The van der Waals surface area contributed by atoms with E-state index in [9.17, 15) is 14.4 Å². The highest BCUT2D eigenvalue weighted by Gasteiger charge is 2.68. The molecule has 206 valence electrons. The second-order valence-electron chi connectivity index (χ2n) is 13.3. The number of hydrogen-bond donors (Lipinski definition) is 1. The number of amides is 2. The highest BCUT2D eigenvalue weighted by Crippen LogP contribution is 2.68. The Hall–Kier alpha value is -1.73. The van der Waals surface area contributed by atoms with Gasteiger partial charge < -0.3 is 14.4 Å². The van der Waals surface area contributed by atoms with E-state index < -0.39 is 17.6 Å². The van der Waals surface area contributed by atoms with Gasteiger partial charge in [0.25, 0.3) is 0 Å². The number of nitrogens with zero attached hydrogens (tertiary/aromatic N) is 1. The van der Waals surface area contributed by atoms with Gasteiger partial charge in [0.1, 0.15) is 11.9 Å². The molecule has 2 saturated heterocycles. The van der Waals surface area contributed by atoms with Crippen molar-refractivity contribution in [1.29, 1.82) is 0 Å². The highest BCUT2D eigenvalue weighted by atomic mass is 16.6. The Morgan fingerprint density at radius 3 is 2.46 bits per heavy atom. The number of alkyl carbamates (subject to hydrolysis) is 1. The van der Waals surface area contributed by atoms with Gasteiger partial charge in [-0.3, -0.25) is 14.9 Å². The number of fused-ring (bicyclic) bond motifs is 2. The van der Waals surface area contributed by atoms with E-state index in [2.05, 4.69) is 31.0 Å². The Labute approximate surface area is 222 Å². The van der Waals surface area contributed by atoms with Crippen LogP contribution in [0.2, 0.25) is 0 Å². The summed E-state index contributed by atoms with van der Waals surface area (Å²) in [6.45, 7) is 13.3. The molecular formula is C30H46N2O5. The molecule has 37 heavy (non-hydrogen) atoms. The molecule has 1 N–H and O–H groups in total. The molecule has 5 rings (SSSR count). The van der Waals surface area contributed by atoms with Crippen molar-refractivity contribution < 1.29 is 23.9 Å². The fourth-order valence-corrected chi connectivity index (χ4v) is 9.56. The lowest BCUT2D eigenvalue weighted by atomic mass is 9.44. The van der Waals surface area contributed by atoms with Gasteiger partial charge in [0.2, 0.25) is 5.91 Å². The first-order chi connectivity index (χ1) is 17.5. The minimum Gasteiger partial charge on any atom is -0.445 e. The number of hydrogen-bond acceptors (Lipinski definition) is 6. The first kappa shape index (κ1) is 26.9. The van der Waals surface area contributed by atoms with Crippen LogP contribution in [0, 0.1) is 45.8 Å². The van der Waals surface area contributed by atoms with Crippen molar-refractivity contribution in [2.45, 2.75) is 85.4 Å². The first-order valence-corrected chi connectivity index (χ1v) is 14.4. The van der Waals surface area contributed by atoms with Crippen LogP contribution in [-0.4, -0.2) is 61.6 Å². The SMILES string of the molecule is C/C=C/[C@]1(C)C[C@@H](OC(=O)NC(=O)[C@H]2CN3CC[C@H]2C3)[C@@]2(C)C3[C@H](OC)CCC3(CC[C@H]2C)[C@@H](C)C1=O. The number of imide groups is 1. The van der Waals surface area contributed by atoms with Gasteiger partial charge in [-0.1, -0.05) is 32.9 Å². The molecular weight excluding hydrogens is 468 g/mol. The van der Waals surface area contributed by atoms with Crippen LogP contribution in [-0.2, 0) is 19.1 Å². The third-order valence-corrected chi connectivity index (χ3v) is 11.8. The predicted octanol–water partition coefficient (Wildman–Crippen LogP) is 4.60. The summed E-state index contributed by atoms with van der Waals surface area (Å²) in [6, 6.07) is 0. The summed E-state index contributed by atoms with van der Waals surface area (Å²) in [5, 5.41) is 2.60. The van der Waals surface area contributed by atoms with E-state index in [4.69, 9.17) is 9.47 Å². The lowest BCUT2D eigenvalue weighted by Crippen LogP contribution is -2.63. The van der Waals surface area contributed by atoms with Crippen molar-refractivity contribution in [3.63, 3.8) is 0 Å². The molecule has 0 radical (unpaired) electrons. The summed E-state index contributed by atoms with van der Waals surface area (Å²) >= 11 is 0. The summed E-state index contributed by atoms with van der Waals surface area (Å²) < 4.78 is 12.4. The number of methoxy groups -OCH3 is 1. The molecule has 4 bridgehead atoms. The lowest BCUT2D eigenvalue weighted by molar-refractivity contribution is -0.189. The average molecular weight is 515 g/mol. The van der Waals surface area contributed by atoms with E-state index in [1.54, 1.807) is 7.11 Å². The number of Topliss-reactive ketones (excluding diaryl/α,β-unsaturated/α-hetero) is 1. The van der Waals surface area contributed by atoms with Gasteiger partial charge in [0.15, 0.2) is 0 Å². The largest absolute Gasteiger partial charge is 0.445 e. The number of nitrogens with one attached hydrogen (secondary N) is 1. The molecule has 2 aliphatic heterocycles. The fourth-order valence-electron chi connectivity index (χ4n) is 9.56. The van der Waals surface area contributed by atoms with Gasteiger partial charge in [0.05, 0.1) is 12.0 Å². The standard InChI is InChI=1S/C30H46N2O5/c1-7-11-28(4)15-23(37-27(35)31-26(34)21-17-32-14-10-20(21)16-32)29(5)18(2)8-12-30(19(3)25(28)33)13-9-22(36-6)24(29)30/h7,11,18-24H,8-10,12-17H2,1-6H3,(H,31,34,35)/b11-7+/t18-,19+,20+,21+,22-,23-,24?,28-,29+,30?/m1/s1. The molecule has 0 aromatic heterocycles. The van der Waals surface area contributed by atoms with Crippen LogP contribution < -0.4 is 5.32 Å². The number of carbonyl (C=O) groups is 3. The Kier molecular flexibility index (Phi) is 6.88. The van der Waals surface area contributed by atoms with Crippen molar-refractivity contribution in [3.05, 3.63) is 12.2 Å². The van der Waals surface area contributed by atoms with E-state index in [1.807, 2.05) is 26.0 Å². The number of rotatable bonds is 4. The van der Waals surface area contributed by atoms with Crippen LogP contribution in [0.4, 0.5) is 4.79 Å². The van der Waals surface area contributed by atoms with Crippen molar-refractivity contribution in [3.8, 4) is 0 Å². The van der Waals surface area contributed by atoms with Crippen molar-refractivity contribution >= 4 is 17.8 Å². The average Bonchev–Trinajstić information content (AvgIpc) is 3.59. The molecule has 0 spiro atoms. The summed E-state index contributed by atoms with van der Waals surface area (Å²) in [6.07, 6.45) is 8.04.